The van der Waals surface area contributed by atoms with Crippen molar-refractivity contribution in [1.29, 1.82) is 0 Å². The van der Waals surface area contributed by atoms with Crippen LogP contribution >= 0.6 is 0 Å². The summed E-state index contributed by atoms with van der Waals surface area (Å²) in [6.07, 6.45) is 16.5. The van der Waals surface area contributed by atoms with Gasteiger partial charge in [0.1, 0.15) is 0 Å². The van der Waals surface area contributed by atoms with Crippen molar-refractivity contribution in [3.8, 4) is 0 Å². The molecule has 3 rings (SSSR count). The van der Waals surface area contributed by atoms with Gasteiger partial charge in [-0.1, -0.05) is 6.07 Å². The standard InChI is InChI=1S/C15H22N2O2.C9H6N2O2.C4H10O3/c18-10-16-14-5-1-12(2-6-14)9-13-3-7-15(8-4-13)17-11-19;1-7-8(10-5-12)3-2-4-9(7)11-6-13;5-1-3-7-4-2-6/h12-15H,1-9H2;2-4H,1H3;5-6H,1-4H2. The fourth-order valence-electron chi connectivity index (χ4n) is 4.82. The van der Waals surface area contributed by atoms with Crippen molar-refractivity contribution >= 4 is 35.7 Å². The lowest BCUT2D eigenvalue weighted by atomic mass is 9.76. The fourth-order valence-corrected chi connectivity index (χ4v) is 4.82. The summed E-state index contributed by atoms with van der Waals surface area (Å²) in [4.78, 5) is 55.0. The lowest BCUT2D eigenvalue weighted by molar-refractivity contribution is 0.0650. The molecule has 2 fully saturated rings. The van der Waals surface area contributed by atoms with Crippen molar-refractivity contribution in [3.05, 3.63) is 23.8 Å². The molecular formula is C28H38N4O7. The number of ether oxygens (including phenoxy) is 1. The zero-order valence-electron chi connectivity index (χ0n) is 22.5. The molecule has 0 spiro atoms. The van der Waals surface area contributed by atoms with Gasteiger partial charge in [-0.3, -0.25) is 0 Å². The molecule has 39 heavy (non-hydrogen) atoms. The minimum Gasteiger partial charge on any atom is -0.394 e. The Morgan fingerprint density at radius 1 is 0.718 bits per heavy atom. The van der Waals surface area contributed by atoms with Crippen molar-refractivity contribution in [3.63, 3.8) is 0 Å². The average molecular weight is 543 g/mol. The Bertz CT molecular complexity index is 948. The van der Waals surface area contributed by atoms with Crippen LogP contribution in [0, 0.1) is 18.8 Å². The molecule has 212 valence electrons. The number of carbonyl (C=O) groups excluding carboxylic acids is 4. The van der Waals surface area contributed by atoms with Crippen LogP contribution in [0.3, 0.4) is 0 Å². The van der Waals surface area contributed by atoms with E-state index < -0.39 is 0 Å². The lowest BCUT2D eigenvalue weighted by Gasteiger charge is -2.31. The summed E-state index contributed by atoms with van der Waals surface area (Å²) in [5.41, 5.74) is 1.59. The molecule has 0 saturated heterocycles. The van der Waals surface area contributed by atoms with Crippen molar-refractivity contribution in [1.82, 2.24) is 0 Å². The van der Waals surface area contributed by atoms with Crippen LogP contribution in [0.15, 0.2) is 38.2 Å². The van der Waals surface area contributed by atoms with Crippen LogP contribution in [0.2, 0.25) is 0 Å². The fraction of sp³-hybridized carbons (Fsp3) is 0.643. The number of aliphatic hydroxyl groups is 2. The topological polar surface area (TPSA) is 167 Å². The molecule has 0 unspecified atom stereocenters. The van der Waals surface area contributed by atoms with E-state index in [1.54, 1.807) is 37.3 Å². The highest BCUT2D eigenvalue weighted by atomic mass is 16.5. The number of aliphatic imine (C=N–C) groups is 4. The van der Waals surface area contributed by atoms with Crippen LogP contribution in [0.5, 0.6) is 0 Å². The maximum Gasteiger partial charge on any atom is 0.240 e. The Kier molecular flexibility index (Phi) is 18.6. The number of rotatable bonds is 10. The van der Waals surface area contributed by atoms with E-state index >= 15 is 0 Å². The van der Waals surface area contributed by atoms with E-state index in [0.717, 1.165) is 37.5 Å². The number of hydrogen-bond acceptors (Lipinski definition) is 11. The van der Waals surface area contributed by atoms with Gasteiger partial charge in [0.25, 0.3) is 0 Å². The quantitative estimate of drug-likeness (QED) is 0.255. The number of aliphatic hydroxyl groups excluding tert-OH is 2. The summed E-state index contributed by atoms with van der Waals surface area (Å²) in [5, 5.41) is 16.2. The first-order valence-corrected chi connectivity index (χ1v) is 13.2. The maximum atomic E-state index is 10.2. The largest absolute Gasteiger partial charge is 0.394 e. The highest BCUT2D eigenvalue weighted by Gasteiger charge is 2.26. The Balaban J connectivity index is 0.000000329. The third-order valence-electron chi connectivity index (χ3n) is 6.85. The van der Waals surface area contributed by atoms with Gasteiger partial charge in [-0.25, -0.2) is 29.2 Å². The summed E-state index contributed by atoms with van der Waals surface area (Å²) in [5.74, 6) is 1.60. The van der Waals surface area contributed by atoms with Crippen LogP contribution in [-0.4, -0.2) is 73.0 Å². The first-order chi connectivity index (χ1) is 19.0. The zero-order valence-corrected chi connectivity index (χ0v) is 22.5. The van der Waals surface area contributed by atoms with Crippen LogP contribution < -0.4 is 0 Å². The van der Waals surface area contributed by atoms with Gasteiger partial charge in [0.05, 0.1) is 49.9 Å². The van der Waals surface area contributed by atoms with Gasteiger partial charge in [-0.2, -0.15) is 9.98 Å². The first kappa shape index (κ1) is 33.6. The van der Waals surface area contributed by atoms with Gasteiger partial charge in [-0.15, -0.1) is 0 Å². The van der Waals surface area contributed by atoms with Crippen LogP contribution in [0.25, 0.3) is 0 Å². The third-order valence-corrected chi connectivity index (χ3v) is 6.85. The Hall–Kier alpha value is -3.38. The summed E-state index contributed by atoms with van der Waals surface area (Å²) < 4.78 is 4.63. The van der Waals surface area contributed by atoms with Crippen molar-refractivity contribution < 1.29 is 34.1 Å². The molecule has 0 bridgehead atoms. The van der Waals surface area contributed by atoms with E-state index in [0.29, 0.717) is 30.2 Å². The number of benzene rings is 1. The molecule has 11 heteroatoms. The molecule has 2 aliphatic carbocycles. The number of isocyanates is 4. The molecule has 0 atom stereocenters. The van der Waals surface area contributed by atoms with E-state index in [2.05, 4.69) is 24.7 Å². The molecule has 1 aromatic carbocycles. The monoisotopic (exact) mass is 542 g/mol. The van der Waals surface area contributed by atoms with Gasteiger partial charge in [0.15, 0.2) is 0 Å². The van der Waals surface area contributed by atoms with Gasteiger partial charge in [0, 0.05) is 5.56 Å². The molecule has 0 heterocycles. The van der Waals surface area contributed by atoms with Crippen molar-refractivity contribution in [2.24, 2.45) is 31.8 Å². The van der Waals surface area contributed by atoms with Gasteiger partial charge < -0.3 is 14.9 Å². The highest BCUT2D eigenvalue weighted by Crippen LogP contribution is 2.36. The first-order valence-electron chi connectivity index (χ1n) is 13.2. The van der Waals surface area contributed by atoms with Gasteiger partial charge in [-0.05, 0) is 88.7 Å². The molecule has 11 nitrogen and oxygen atoms in total. The summed E-state index contributed by atoms with van der Waals surface area (Å²) in [6.45, 7) is 2.41. The molecule has 2 aliphatic rings. The SMILES string of the molecule is Cc1c(N=C=O)cccc1N=C=O.O=C=NC1CCC(CC2CCC(N=C=O)CC2)CC1.OCCOCCO. The van der Waals surface area contributed by atoms with E-state index in [-0.39, 0.29) is 25.3 Å². The second-order valence-electron chi connectivity index (χ2n) is 9.41. The summed E-state index contributed by atoms with van der Waals surface area (Å²) in [6, 6.07) is 5.39. The number of hydrogen-bond donors (Lipinski definition) is 2. The van der Waals surface area contributed by atoms with Crippen LogP contribution in [-0.2, 0) is 23.9 Å². The average Bonchev–Trinajstić information content (AvgIpc) is 2.95. The highest BCUT2D eigenvalue weighted by molar-refractivity contribution is 5.64. The van der Waals surface area contributed by atoms with Crippen molar-refractivity contribution in [2.75, 3.05) is 26.4 Å². The zero-order chi connectivity index (χ0) is 28.7. The van der Waals surface area contributed by atoms with Gasteiger partial charge >= 0.3 is 0 Å². The van der Waals surface area contributed by atoms with Gasteiger partial charge in [0.2, 0.25) is 24.3 Å². The third kappa shape index (κ3) is 14.4. The van der Waals surface area contributed by atoms with Crippen molar-refractivity contribution in [2.45, 2.75) is 76.8 Å². The second-order valence-corrected chi connectivity index (χ2v) is 9.41. The lowest BCUT2D eigenvalue weighted by Crippen LogP contribution is -2.23. The van der Waals surface area contributed by atoms with E-state index in [9.17, 15) is 19.2 Å². The predicted molar refractivity (Wildman–Crippen MR) is 144 cm³/mol. The van der Waals surface area contributed by atoms with Crippen LogP contribution in [0.1, 0.15) is 63.4 Å². The minimum atomic E-state index is 0.0278. The maximum absolute atomic E-state index is 10.2. The Labute approximate surface area is 228 Å². The summed E-state index contributed by atoms with van der Waals surface area (Å²) in [7, 11) is 0. The molecule has 1 aromatic rings. The van der Waals surface area contributed by atoms with E-state index in [1.165, 1.54) is 44.3 Å². The van der Waals surface area contributed by atoms with Crippen LogP contribution in [0.4, 0.5) is 11.4 Å². The normalized spacial score (nSPS) is 21.5. The second kappa shape index (κ2) is 21.5. The predicted octanol–water partition coefficient (Wildman–Crippen LogP) is 4.08. The Morgan fingerprint density at radius 2 is 1.13 bits per heavy atom. The van der Waals surface area contributed by atoms with E-state index in [1.807, 2.05) is 0 Å². The molecule has 0 amide bonds. The molecular weight excluding hydrogens is 504 g/mol. The number of nitrogens with zero attached hydrogens (tertiary/aromatic N) is 4. The summed E-state index contributed by atoms with van der Waals surface area (Å²) >= 11 is 0. The molecule has 0 aromatic heterocycles. The van der Waals surface area contributed by atoms with E-state index in [4.69, 9.17) is 10.2 Å². The minimum absolute atomic E-state index is 0.0278. The molecule has 0 aliphatic heterocycles. The smallest absolute Gasteiger partial charge is 0.240 e. The molecule has 0 radical (unpaired) electrons. The Morgan fingerprint density at radius 3 is 1.46 bits per heavy atom. The molecule has 2 saturated carbocycles. The molecule has 2 N–H and O–H groups in total.